The summed E-state index contributed by atoms with van der Waals surface area (Å²) in [5.41, 5.74) is 0.410. The Morgan fingerprint density at radius 2 is 1.77 bits per heavy atom. The third-order valence-corrected chi connectivity index (χ3v) is 6.35. The molecule has 2 bridgehead atoms. The van der Waals surface area contributed by atoms with Crippen molar-refractivity contribution in [2.24, 2.45) is 0 Å². The highest BCUT2D eigenvalue weighted by Crippen LogP contribution is 2.34. The van der Waals surface area contributed by atoms with Crippen LogP contribution in [0.2, 0.25) is 0 Å². The first kappa shape index (κ1) is 20.5. The number of hydrogen-bond acceptors (Lipinski definition) is 7. The van der Waals surface area contributed by atoms with Gasteiger partial charge in [-0.25, -0.2) is 19.4 Å². The molecule has 2 unspecified atom stereocenters. The van der Waals surface area contributed by atoms with E-state index in [-0.39, 0.29) is 12.1 Å². The van der Waals surface area contributed by atoms with Gasteiger partial charge in [0.2, 0.25) is 0 Å². The minimum absolute atomic E-state index is 0.208. The lowest BCUT2D eigenvalue weighted by Gasteiger charge is -2.34. The van der Waals surface area contributed by atoms with Crippen molar-refractivity contribution in [2.45, 2.75) is 77.2 Å². The summed E-state index contributed by atoms with van der Waals surface area (Å²) in [4.78, 5) is 26.1. The van der Waals surface area contributed by atoms with Gasteiger partial charge in [0.15, 0.2) is 5.65 Å². The molecule has 0 aromatic carbocycles. The summed E-state index contributed by atoms with van der Waals surface area (Å²) in [6.45, 7) is 10.7. The molecular weight excluding hydrogens is 396 g/mol. The number of fused-ring (bicyclic) bond motifs is 3. The molecule has 3 saturated heterocycles. The van der Waals surface area contributed by atoms with Crippen LogP contribution < -0.4 is 4.90 Å². The van der Waals surface area contributed by atoms with Crippen molar-refractivity contribution in [1.82, 2.24) is 24.6 Å². The number of aryl methyl sites for hydroxylation is 1. The molecule has 3 aliphatic rings. The van der Waals surface area contributed by atoms with Crippen LogP contribution in [0.4, 0.5) is 10.6 Å². The first-order chi connectivity index (χ1) is 14.8. The van der Waals surface area contributed by atoms with Crippen molar-refractivity contribution < 1.29 is 14.3 Å². The van der Waals surface area contributed by atoms with Crippen molar-refractivity contribution in [3.8, 4) is 0 Å². The molecule has 0 radical (unpaired) electrons. The summed E-state index contributed by atoms with van der Waals surface area (Å²) in [7, 11) is 0. The van der Waals surface area contributed by atoms with Crippen LogP contribution in [0.3, 0.4) is 0 Å². The summed E-state index contributed by atoms with van der Waals surface area (Å²) >= 11 is 0. The number of morpholine rings is 1. The molecule has 3 fully saturated rings. The van der Waals surface area contributed by atoms with E-state index < -0.39 is 5.60 Å². The molecule has 2 aromatic heterocycles. The number of hydrogen-bond donors (Lipinski definition) is 0. The highest BCUT2D eigenvalue weighted by molar-refractivity contribution is 5.87. The fourth-order valence-electron chi connectivity index (χ4n) is 4.93. The highest BCUT2D eigenvalue weighted by atomic mass is 16.6. The standard InChI is InChI=1S/C22H32N6O3/c1-14-24-19(27-12-16-5-6-17(13-27)30-16)18-11-23-28(20(18)25-14)15-7-9-26(10-8-15)21(29)31-22(2,3)4/h11,15-17H,5-10,12-13H2,1-4H3. The number of likely N-dealkylation sites (tertiary alicyclic amines) is 1. The van der Waals surface area contributed by atoms with Gasteiger partial charge in [0.25, 0.3) is 0 Å². The maximum absolute atomic E-state index is 12.4. The Hall–Kier alpha value is -2.42. The number of piperidine rings is 1. The third kappa shape index (κ3) is 4.07. The number of carbonyl (C=O) groups excluding carboxylic acids is 1. The van der Waals surface area contributed by atoms with Crippen molar-refractivity contribution in [3.63, 3.8) is 0 Å². The van der Waals surface area contributed by atoms with E-state index in [9.17, 15) is 4.79 Å². The number of carbonyl (C=O) groups is 1. The van der Waals surface area contributed by atoms with Gasteiger partial charge < -0.3 is 19.3 Å². The molecule has 31 heavy (non-hydrogen) atoms. The Morgan fingerprint density at radius 1 is 1.10 bits per heavy atom. The molecule has 1 amide bonds. The first-order valence-corrected chi connectivity index (χ1v) is 11.4. The van der Waals surface area contributed by atoms with Crippen LogP contribution in [0, 0.1) is 6.92 Å². The zero-order valence-corrected chi connectivity index (χ0v) is 18.9. The van der Waals surface area contributed by atoms with E-state index in [1.807, 2.05) is 38.6 Å². The van der Waals surface area contributed by atoms with Crippen molar-refractivity contribution in [2.75, 3.05) is 31.1 Å². The molecule has 0 spiro atoms. The monoisotopic (exact) mass is 428 g/mol. The molecule has 5 rings (SSSR count). The number of anilines is 1. The van der Waals surface area contributed by atoms with Crippen molar-refractivity contribution in [3.05, 3.63) is 12.0 Å². The summed E-state index contributed by atoms with van der Waals surface area (Å²) in [6, 6.07) is 0.208. The van der Waals surface area contributed by atoms with Gasteiger partial charge in [0, 0.05) is 26.2 Å². The second kappa shape index (κ2) is 7.62. The average Bonchev–Trinajstić information content (AvgIpc) is 3.28. The third-order valence-electron chi connectivity index (χ3n) is 6.35. The van der Waals surface area contributed by atoms with Crippen LogP contribution in [-0.4, -0.2) is 74.7 Å². The number of amides is 1. The smallest absolute Gasteiger partial charge is 0.410 e. The van der Waals surface area contributed by atoms with E-state index in [0.717, 1.165) is 61.4 Å². The maximum Gasteiger partial charge on any atom is 0.410 e. The molecule has 9 heteroatoms. The lowest BCUT2D eigenvalue weighted by atomic mass is 10.1. The topological polar surface area (TPSA) is 85.6 Å². The Labute approximate surface area is 182 Å². The summed E-state index contributed by atoms with van der Waals surface area (Å²) < 4.78 is 13.6. The van der Waals surface area contributed by atoms with Gasteiger partial charge >= 0.3 is 6.09 Å². The number of ether oxygens (including phenoxy) is 2. The van der Waals surface area contributed by atoms with Gasteiger partial charge in [-0.1, -0.05) is 0 Å². The second-order valence-corrected chi connectivity index (χ2v) is 9.98. The molecule has 0 saturated carbocycles. The normalized spacial score (nSPS) is 24.8. The van der Waals surface area contributed by atoms with Gasteiger partial charge in [-0.05, 0) is 53.4 Å². The Balaban J connectivity index is 1.35. The van der Waals surface area contributed by atoms with E-state index in [0.29, 0.717) is 25.3 Å². The highest BCUT2D eigenvalue weighted by Gasteiger charge is 2.36. The van der Waals surface area contributed by atoms with Gasteiger partial charge in [-0.3, -0.25) is 0 Å². The largest absolute Gasteiger partial charge is 0.444 e. The van der Waals surface area contributed by atoms with Crippen LogP contribution in [0.25, 0.3) is 11.0 Å². The maximum atomic E-state index is 12.4. The Kier molecular flexibility index (Phi) is 5.03. The SMILES string of the molecule is Cc1nc(N2CC3CCC(C2)O3)c2cnn(C3CCN(C(=O)OC(C)(C)C)CC3)c2n1. The quantitative estimate of drug-likeness (QED) is 0.727. The molecule has 0 N–H and O–H groups in total. The number of nitrogens with zero attached hydrogens (tertiary/aromatic N) is 6. The molecule has 2 atom stereocenters. The van der Waals surface area contributed by atoms with Gasteiger partial charge in [0.05, 0.1) is 29.8 Å². The molecular formula is C22H32N6O3. The summed E-state index contributed by atoms with van der Waals surface area (Å²) in [5, 5.41) is 5.72. The predicted octanol–water partition coefficient (Wildman–Crippen LogP) is 3.07. The number of rotatable bonds is 2. The van der Waals surface area contributed by atoms with E-state index >= 15 is 0 Å². The fourth-order valence-corrected chi connectivity index (χ4v) is 4.93. The van der Waals surface area contributed by atoms with Crippen molar-refractivity contribution in [1.29, 1.82) is 0 Å². The van der Waals surface area contributed by atoms with Crippen LogP contribution in [0.1, 0.15) is 58.3 Å². The fraction of sp³-hybridized carbons (Fsp3) is 0.727. The van der Waals surface area contributed by atoms with Crippen LogP contribution in [0.15, 0.2) is 6.20 Å². The molecule has 168 valence electrons. The average molecular weight is 429 g/mol. The Bertz CT molecular complexity index is 964. The van der Waals surface area contributed by atoms with Gasteiger partial charge in [-0.2, -0.15) is 5.10 Å². The molecule has 3 aliphatic heterocycles. The van der Waals surface area contributed by atoms with Crippen LogP contribution in [-0.2, 0) is 9.47 Å². The predicted molar refractivity (Wildman–Crippen MR) is 116 cm³/mol. The van der Waals surface area contributed by atoms with E-state index in [1.165, 1.54) is 0 Å². The first-order valence-electron chi connectivity index (χ1n) is 11.4. The van der Waals surface area contributed by atoms with Crippen LogP contribution in [0.5, 0.6) is 0 Å². The van der Waals surface area contributed by atoms with Gasteiger partial charge in [0.1, 0.15) is 17.2 Å². The van der Waals surface area contributed by atoms with E-state index in [4.69, 9.17) is 24.5 Å². The van der Waals surface area contributed by atoms with E-state index in [1.54, 1.807) is 4.90 Å². The van der Waals surface area contributed by atoms with Gasteiger partial charge in [-0.15, -0.1) is 0 Å². The lowest BCUT2D eigenvalue weighted by molar-refractivity contribution is 0.0186. The zero-order valence-electron chi connectivity index (χ0n) is 18.9. The summed E-state index contributed by atoms with van der Waals surface area (Å²) in [6.07, 6.45) is 6.19. The minimum Gasteiger partial charge on any atom is -0.444 e. The zero-order chi connectivity index (χ0) is 21.8. The molecule has 2 aromatic rings. The Morgan fingerprint density at radius 3 is 2.42 bits per heavy atom. The molecule has 0 aliphatic carbocycles. The number of aromatic nitrogens is 4. The minimum atomic E-state index is -0.476. The second-order valence-electron chi connectivity index (χ2n) is 9.98. The molecule has 9 nitrogen and oxygen atoms in total. The lowest BCUT2D eigenvalue weighted by Crippen LogP contribution is -2.43. The summed E-state index contributed by atoms with van der Waals surface area (Å²) in [5.74, 6) is 1.73. The van der Waals surface area contributed by atoms with E-state index in [2.05, 4.69) is 4.90 Å². The molecule has 5 heterocycles. The van der Waals surface area contributed by atoms with Crippen LogP contribution >= 0.6 is 0 Å². The van der Waals surface area contributed by atoms with Crippen molar-refractivity contribution >= 4 is 22.9 Å².